The molecule has 0 spiro atoms. The highest BCUT2D eigenvalue weighted by Crippen LogP contribution is 2.19. The third-order valence-corrected chi connectivity index (χ3v) is 1.86. The number of nitro benzene ring substituents is 1. The molecule has 0 saturated heterocycles. The van der Waals surface area contributed by atoms with Crippen LogP contribution in [0.5, 0.6) is 0 Å². The second kappa shape index (κ2) is 5.09. The van der Waals surface area contributed by atoms with Gasteiger partial charge in [0, 0.05) is 12.6 Å². The third kappa shape index (κ3) is 4.35. The summed E-state index contributed by atoms with van der Waals surface area (Å²) < 4.78 is 48.3. The van der Waals surface area contributed by atoms with E-state index in [1.807, 2.05) is 0 Å². The lowest BCUT2D eigenvalue weighted by atomic mass is 10.2. The van der Waals surface area contributed by atoms with E-state index >= 15 is 0 Å². The number of alkyl halides is 3. The number of nitrogens with one attached hydrogen (secondary N) is 1. The number of benzene rings is 1. The van der Waals surface area contributed by atoms with Crippen LogP contribution in [0, 0.1) is 15.9 Å². The Bertz CT molecular complexity index is 420. The van der Waals surface area contributed by atoms with Crippen LogP contribution in [0.4, 0.5) is 23.2 Å². The molecule has 1 N–H and O–H groups in total. The zero-order valence-electron chi connectivity index (χ0n) is 8.42. The van der Waals surface area contributed by atoms with Crippen LogP contribution in [0.2, 0.25) is 0 Å². The highest BCUT2D eigenvalue weighted by molar-refractivity contribution is 5.36. The summed E-state index contributed by atoms with van der Waals surface area (Å²) in [5.41, 5.74) is -0.543. The van der Waals surface area contributed by atoms with Gasteiger partial charge < -0.3 is 5.32 Å². The fourth-order valence-corrected chi connectivity index (χ4v) is 1.16. The molecule has 8 heteroatoms. The number of hydrogen-bond acceptors (Lipinski definition) is 3. The Morgan fingerprint density at radius 3 is 2.53 bits per heavy atom. The predicted molar refractivity (Wildman–Crippen MR) is 50.8 cm³/mol. The fourth-order valence-electron chi connectivity index (χ4n) is 1.16. The molecule has 1 rings (SSSR count). The van der Waals surface area contributed by atoms with E-state index in [-0.39, 0.29) is 12.1 Å². The van der Waals surface area contributed by atoms with Crippen LogP contribution in [0.3, 0.4) is 0 Å². The zero-order valence-corrected chi connectivity index (χ0v) is 8.42. The van der Waals surface area contributed by atoms with Crippen LogP contribution in [0.15, 0.2) is 18.2 Å². The van der Waals surface area contributed by atoms with Crippen LogP contribution in [0.1, 0.15) is 5.56 Å². The summed E-state index contributed by atoms with van der Waals surface area (Å²) in [7, 11) is 0. The lowest BCUT2D eigenvalue weighted by Gasteiger charge is -2.08. The minimum absolute atomic E-state index is 0.211. The molecule has 0 aromatic heterocycles. The van der Waals surface area contributed by atoms with Gasteiger partial charge in [0.15, 0.2) is 0 Å². The van der Waals surface area contributed by atoms with Crippen molar-refractivity contribution in [3.63, 3.8) is 0 Å². The Morgan fingerprint density at radius 2 is 2.00 bits per heavy atom. The molecule has 0 amide bonds. The topological polar surface area (TPSA) is 55.2 Å². The molecule has 0 unspecified atom stereocenters. The highest BCUT2D eigenvalue weighted by atomic mass is 19.4. The Balaban J connectivity index is 2.67. The third-order valence-electron chi connectivity index (χ3n) is 1.86. The molecule has 0 atom stereocenters. The van der Waals surface area contributed by atoms with E-state index in [1.165, 1.54) is 6.07 Å². The summed E-state index contributed by atoms with van der Waals surface area (Å²) in [5, 5.41) is 12.4. The average molecular weight is 252 g/mol. The minimum atomic E-state index is -4.36. The second-order valence-corrected chi connectivity index (χ2v) is 3.26. The molecular weight excluding hydrogens is 244 g/mol. The van der Waals surface area contributed by atoms with Gasteiger partial charge in [-0.25, -0.2) is 0 Å². The molecule has 0 heterocycles. The van der Waals surface area contributed by atoms with E-state index < -0.39 is 29.1 Å². The average Bonchev–Trinajstić information content (AvgIpc) is 2.18. The molecule has 4 nitrogen and oxygen atoms in total. The van der Waals surface area contributed by atoms with Crippen molar-refractivity contribution in [1.82, 2.24) is 5.32 Å². The molecule has 94 valence electrons. The summed E-state index contributed by atoms with van der Waals surface area (Å²) in [6.07, 6.45) is -4.36. The van der Waals surface area contributed by atoms with Gasteiger partial charge in [0.1, 0.15) is 0 Å². The summed E-state index contributed by atoms with van der Waals surface area (Å²) in [6, 6.07) is 2.94. The highest BCUT2D eigenvalue weighted by Gasteiger charge is 2.26. The molecule has 0 aliphatic carbocycles. The monoisotopic (exact) mass is 252 g/mol. The summed E-state index contributed by atoms with van der Waals surface area (Å²) >= 11 is 0. The van der Waals surface area contributed by atoms with Gasteiger partial charge in [-0.15, -0.1) is 0 Å². The Kier molecular flexibility index (Phi) is 4.00. The smallest absolute Gasteiger partial charge is 0.305 e. The summed E-state index contributed by atoms with van der Waals surface area (Å²) in [4.78, 5) is 9.44. The number of hydrogen-bond donors (Lipinski definition) is 1. The maximum Gasteiger partial charge on any atom is 0.401 e. The van der Waals surface area contributed by atoms with Gasteiger partial charge in [-0.3, -0.25) is 10.1 Å². The normalized spacial score (nSPS) is 11.5. The van der Waals surface area contributed by atoms with Crippen molar-refractivity contribution in [3.8, 4) is 0 Å². The minimum Gasteiger partial charge on any atom is -0.305 e. The van der Waals surface area contributed by atoms with Crippen molar-refractivity contribution in [3.05, 3.63) is 39.7 Å². The van der Waals surface area contributed by atoms with Crippen molar-refractivity contribution in [2.75, 3.05) is 6.54 Å². The Morgan fingerprint density at radius 1 is 1.35 bits per heavy atom. The molecule has 0 aliphatic rings. The van der Waals surface area contributed by atoms with Gasteiger partial charge in [0.05, 0.1) is 11.5 Å². The van der Waals surface area contributed by atoms with Crippen LogP contribution < -0.4 is 5.32 Å². The van der Waals surface area contributed by atoms with Crippen LogP contribution in [-0.4, -0.2) is 17.6 Å². The van der Waals surface area contributed by atoms with Gasteiger partial charge in [-0.2, -0.15) is 17.6 Å². The molecule has 0 saturated carbocycles. The van der Waals surface area contributed by atoms with Crippen molar-refractivity contribution in [2.45, 2.75) is 12.7 Å². The number of halogens is 4. The van der Waals surface area contributed by atoms with E-state index in [0.717, 1.165) is 12.1 Å². The van der Waals surface area contributed by atoms with Gasteiger partial charge >= 0.3 is 11.9 Å². The quantitative estimate of drug-likeness (QED) is 0.508. The van der Waals surface area contributed by atoms with E-state index in [2.05, 4.69) is 5.32 Å². The molecule has 17 heavy (non-hydrogen) atoms. The molecule has 1 aromatic carbocycles. The number of nitrogens with zero attached hydrogens (tertiary/aromatic N) is 1. The van der Waals surface area contributed by atoms with E-state index in [4.69, 9.17) is 0 Å². The summed E-state index contributed by atoms with van der Waals surface area (Å²) in [5.74, 6) is -1.02. The maximum absolute atomic E-state index is 12.9. The number of nitro groups is 1. The van der Waals surface area contributed by atoms with E-state index in [9.17, 15) is 27.7 Å². The van der Waals surface area contributed by atoms with Crippen LogP contribution >= 0.6 is 0 Å². The lowest BCUT2D eigenvalue weighted by Crippen LogP contribution is -2.28. The molecule has 0 bridgehead atoms. The van der Waals surface area contributed by atoms with Gasteiger partial charge in [0.2, 0.25) is 5.82 Å². The maximum atomic E-state index is 12.9. The van der Waals surface area contributed by atoms with Gasteiger partial charge in [0.25, 0.3) is 0 Å². The first-order valence-corrected chi connectivity index (χ1v) is 4.50. The van der Waals surface area contributed by atoms with Crippen LogP contribution in [-0.2, 0) is 6.54 Å². The zero-order chi connectivity index (χ0) is 13.1. The van der Waals surface area contributed by atoms with Gasteiger partial charge in [-0.05, 0) is 11.6 Å². The SMILES string of the molecule is O=[N+]([O-])c1cc(CNCC(F)(F)F)ccc1F. The van der Waals surface area contributed by atoms with Crippen molar-refractivity contribution < 1.29 is 22.5 Å². The molecule has 1 aromatic rings. The Hall–Kier alpha value is -1.70. The predicted octanol–water partition coefficient (Wildman–Crippen LogP) is 2.39. The van der Waals surface area contributed by atoms with E-state index in [1.54, 1.807) is 0 Å². The summed E-state index contributed by atoms with van der Waals surface area (Å²) in [6.45, 7) is -1.43. The molecule has 0 fully saturated rings. The largest absolute Gasteiger partial charge is 0.401 e. The molecule has 0 radical (unpaired) electrons. The molecular formula is C9H8F4N2O2. The van der Waals surface area contributed by atoms with Gasteiger partial charge in [-0.1, -0.05) is 6.07 Å². The standard InChI is InChI=1S/C9H8F4N2O2/c10-7-2-1-6(3-8(7)15(16)17)4-14-5-9(11,12)13/h1-3,14H,4-5H2. The van der Waals surface area contributed by atoms with Crippen molar-refractivity contribution in [2.24, 2.45) is 0 Å². The molecule has 0 aliphatic heterocycles. The van der Waals surface area contributed by atoms with E-state index in [0.29, 0.717) is 0 Å². The van der Waals surface area contributed by atoms with Crippen molar-refractivity contribution >= 4 is 5.69 Å². The van der Waals surface area contributed by atoms with Crippen LogP contribution in [0.25, 0.3) is 0 Å². The lowest BCUT2D eigenvalue weighted by molar-refractivity contribution is -0.387. The number of rotatable bonds is 4. The van der Waals surface area contributed by atoms with Crippen molar-refractivity contribution in [1.29, 1.82) is 0 Å². The Labute approximate surface area is 93.4 Å². The first kappa shape index (κ1) is 13.4. The fraction of sp³-hybridized carbons (Fsp3) is 0.333. The second-order valence-electron chi connectivity index (χ2n) is 3.26. The first-order chi connectivity index (χ1) is 7.79. The first-order valence-electron chi connectivity index (χ1n) is 4.50.